The van der Waals surface area contributed by atoms with Gasteiger partial charge in [0, 0.05) is 11.8 Å². The van der Waals surface area contributed by atoms with Crippen LogP contribution in [0.3, 0.4) is 0 Å². The molecule has 200 valence electrons. The van der Waals surface area contributed by atoms with Crippen LogP contribution in [0.1, 0.15) is 34.0 Å². The van der Waals surface area contributed by atoms with Crippen LogP contribution < -0.4 is 15.0 Å². The number of carbonyl (C=O) groups is 1. The van der Waals surface area contributed by atoms with Gasteiger partial charge < -0.3 is 14.2 Å². The molecule has 39 heavy (non-hydrogen) atoms. The van der Waals surface area contributed by atoms with E-state index >= 15 is 0 Å². The number of esters is 1. The molecule has 0 aliphatic carbocycles. The van der Waals surface area contributed by atoms with Gasteiger partial charge >= 0.3 is 5.97 Å². The van der Waals surface area contributed by atoms with Crippen molar-refractivity contribution in [1.29, 1.82) is 0 Å². The fourth-order valence-corrected chi connectivity index (χ4v) is 5.63. The van der Waals surface area contributed by atoms with Crippen molar-refractivity contribution in [3.8, 4) is 11.5 Å². The lowest BCUT2D eigenvalue weighted by Gasteiger charge is -2.15. The van der Waals surface area contributed by atoms with Gasteiger partial charge in [-0.1, -0.05) is 36.4 Å². The van der Waals surface area contributed by atoms with Gasteiger partial charge in [-0.2, -0.15) is 5.10 Å². The minimum absolute atomic E-state index is 0.0124. The van der Waals surface area contributed by atoms with Gasteiger partial charge in [0.05, 0.1) is 47.7 Å². The van der Waals surface area contributed by atoms with Crippen LogP contribution in [-0.4, -0.2) is 34.0 Å². The number of pyridine rings is 1. The van der Waals surface area contributed by atoms with Crippen molar-refractivity contribution in [2.45, 2.75) is 26.6 Å². The van der Waals surface area contributed by atoms with E-state index in [0.717, 1.165) is 26.9 Å². The van der Waals surface area contributed by atoms with Crippen LogP contribution in [-0.2, 0) is 24.4 Å². The maximum atomic E-state index is 13.8. The maximum absolute atomic E-state index is 13.8. The van der Waals surface area contributed by atoms with Crippen molar-refractivity contribution in [3.05, 3.63) is 109 Å². The molecule has 3 aromatic heterocycles. The SMILES string of the molecule is CCOC(=O)c1c(OCc2ccccc2)c(=O)n(Cc2cnn(Cc3ccc(Br)c(OC)c3)c2)c2ccsc12. The highest BCUT2D eigenvalue weighted by Gasteiger charge is 2.26. The molecule has 0 amide bonds. The van der Waals surface area contributed by atoms with Crippen molar-refractivity contribution in [2.75, 3.05) is 13.7 Å². The van der Waals surface area contributed by atoms with Gasteiger partial charge in [-0.15, -0.1) is 11.3 Å². The average Bonchev–Trinajstić information content (AvgIpc) is 3.60. The maximum Gasteiger partial charge on any atom is 0.343 e. The predicted octanol–water partition coefficient (Wildman–Crippen LogP) is 5.88. The zero-order valence-corrected chi connectivity index (χ0v) is 23.8. The fourth-order valence-electron chi connectivity index (χ4n) is 4.30. The number of rotatable bonds is 10. The first-order valence-corrected chi connectivity index (χ1v) is 14.0. The quantitative estimate of drug-likeness (QED) is 0.184. The van der Waals surface area contributed by atoms with Crippen molar-refractivity contribution >= 4 is 43.5 Å². The second kappa shape index (κ2) is 11.9. The van der Waals surface area contributed by atoms with Crippen molar-refractivity contribution in [2.24, 2.45) is 0 Å². The van der Waals surface area contributed by atoms with Gasteiger partial charge in [-0.3, -0.25) is 14.0 Å². The summed E-state index contributed by atoms with van der Waals surface area (Å²) in [6.45, 7) is 2.88. The van der Waals surface area contributed by atoms with Gasteiger partial charge in [-0.05, 0) is 57.6 Å². The molecular formula is C29H26BrN3O5S. The number of fused-ring (bicyclic) bond motifs is 1. The highest BCUT2D eigenvalue weighted by atomic mass is 79.9. The summed E-state index contributed by atoms with van der Waals surface area (Å²) in [6, 6.07) is 17.2. The van der Waals surface area contributed by atoms with E-state index in [0.29, 0.717) is 16.8 Å². The Hall–Kier alpha value is -3.89. The third-order valence-electron chi connectivity index (χ3n) is 6.12. The first-order chi connectivity index (χ1) is 19.0. The second-order valence-electron chi connectivity index (χ2n) is 8.74. The van der Waals surface area contributed by atoms with Crippen LogP contribution in [0.4, 0.5) is 0 Å². The van der Waals surface area contributed by atoms with E-state index in [9.17, 15) is 9.59 Å². The third kappa shape index (κ3) is 5.76. The zero-order chi connectivity index (χ0) is 27.4. The summed E-state index contributed by atoms with van der Waals surface area (Å²) < 4.78 is 21.7. The van der Waals surface area contributed by atoms with Crippen molar-refractivity contribution in [1.82, 2.24) is 14.3 Å². The van der Waals surface area contributed by atoms with Gasteiger partial charge in [0.1, 0.15) is 17.9 Å². The first-order valence-electron chi connectivity index (χ1n) is 12.3. The highest BCUT2D eigenvalue weighted by Crippen LogP contribution is 2.31. The number of carbonyl (C=O) groups excluding carboxylic acids is 1. The Morgan fingerprint density at radius 2 is 1.87 bits per heavy atom. The lowest BCUT2D eigenvalue weighted by Crippen LogP contribution is -2.26. The van der Waals surface area contributed by atoms with Gasteiger partial charge in [-0.25, -0.2) is 4.79 Å². The Labute approximate surface area is 237 Å². The molecule has 0 unspecified atom stereocenters. The smallest absolute Gasteiger partial charge is 0.343 e. The van der Waals surface area contributed by atoms with Crippen molar-refractivity contribution in [3.63, 3.8) is 0 Å². The highest BCUT2D eigenvalue weighted by molar-refractivity contribution is 9.10. The Balaban J connectivity index is 1.49. The lowest BCUT2D eigenvalue weighted by atomic mass is 10.2. The van der Waals surface area contributed by atoms with Crippen LogP contribution in [0.2, 0.25) is 0 Å². The molecule has 10 heteroatoms. The number of hydrogen-bond donors (Lipinski definition) is 0. The summed E-state index contributed by atoms with van der Waals surface area (Å²) >= 11 is 4.85. The van der Waals surface area contributed by atoms with Crippen LogP contribution in [0.15, 0.2) is 81.6 Å². The molecule has 0 saturated carbocycles. The van der Waals surface area contributed by atoms with E-state index < -0.39 is 11.5 Å². The van der Waals surface area contributed by atoms with E-state index in [2.05, 4.69) is 21.0 Å². The third-order valence-corrected chi connectivity index (χ3v) is 7.70. The minimum Gasteiger partial charge on any atom is -0.496 e. The molecule has 5 aromatic rings. The molecule has 0 spiro atoms. The first kappa shape index (κ1) is 26.7. The van der Waals surface area contributed by atoms with Crippen LogP contribution >= 0.6 is 27.3 Å². The van der Waals surface area contributed by atoms with Crippen LogP contribution in [0, 0.1) is 0 Å². The largest absolute Gasteiger partial charge is 0.496 e. The number of thiophene rings is 1. The molecule has 2 aromatic carbocycles. The monoisotopic (exact) mass is 607 g/mol. The Morgan fingerprint density at radius 3 is 2.64 bits per heavy atom. The predicted molar refractivity (Wildman–Crippen MR) is 154 cm³/mol. The minimum atomic E-state index is -0.574. The summed E-state index contributed by atoms with van der Waals surface area (Å²) in [7, 11) is 1.63. The van der Waals surface area contributed by atoms with E-state index in [1.165, 1.54) is 11.3 Å². The summed E-state index contributed by atoms with van der Waals surface area (Å²) in [5, 5.41) is 6.35. The summed E-state index contributed by atoms with van der Waals surface area (Å²) in [4.78, 5) is 26.8. The number of ether oxygens (including phenoxy) is 3. The molecule has 5 rings (SSSR count). The van der Waals surface area contributed by atoms with E-state index in [1.54, 1.807) is 24.8 Å². The topological polar surface area (TPSA) is 84.6 Å². The van der Waals surface area contributed by atoms with Crippen LogP contribution in [0.5, 0.6) is 11.5 Å². The molecule has 0 atom stereocenters. The van der Waals surface area contributed by atoms with Crippen molar-refractivity contribution < 1.29 is 19.0 Å². The number of benzene rings is 2. The molecule has 8 nitrogen and oxygen atoms in total. The van der Waals surface area contributed by atoms with Gasteiger partial charge in [0.15, 0.2) is 0 Å². The fraction of sp³-hybridized carbons (Fsp3) is 0.207. The summed E-state index contributed by atoms with van der Waals surface area (Å²) in [5.41, 5.74) is 3.16. The Morgan fingerprint density at radius 1 is 1.05 bits per heavy atom. The van der Waals surface area contributed by atoms with Gasteiger partial charge in [0.2, 0.25) is 5.75 Å². The molecular weight excluding hydrogens is 582 g/mol. The molecule has 0 bridgehead atoms. The van der Waals surface area contributed by atoms with E-state index in [1.807, 2.05) is 70.9 Å². The average molecular weight is 609 g/mol. The Kier molecular flexibility index (Phi) is 8.13. The molecule has 0 radical (unpaired) electrons. The van der Waals surface area contributed by atoms with Gasteiger partial charge in [0.25, 0.3) is 5.56 Å². The van der Waals surface area contributed by atoms with E-state index in [4.69, 9.17) is 14.2 Å². The zero-order valence-electron chi connectivity index (χ0n) is 21.4. The number of hydrogen-bond acceptors (Lipinski definition) is 7. The number of halogens is 1. The molecule has 3 heterocycles. The number of nitrogens with zero attached hydrogens (tertiary/aromatic N) is 3. The number of methoxy groups -OCH3 is 1. The summed E-state index contributed by atoms with van der Waals surface area (Å²) in [5.74, 6) is 0.160. The standard InChI is InChI=1S/C29H26BrN3O5S/c1-3-37-29(35)25-26(38-18-19-7-5-4-6-8-19)28(34)33(23-11-12-39-27(23)25)17-21-14-31-32(16-21)15-20-9-10-22(30)24(13-20)36-2/h4-14,16H,3,15,17-18H2,1-2H3. The Bertz CT molecular complexity index is 1680. The number of aromatic nitrogens is 3. The molecule has 0 aliphatic rings. The molecule has 0 aliphatic heterocycles. The normalized spacial score (nSPS) is 11.1. The lowest BCUT2D eigenvalue weighted by molar-refractivity contribution is 0.0523. The molecule has 0 saturated heterocycles. The summed E-state index contributed by atoms with van der Waals surface area (Å²) in [6.07, 6.45) is 3.65. The molecule has 0 fully saturated rings. The molecule has 0 N–H and O–H groups in total. The second-order valence-corrected chi connectivity index (χ2v) is 10.5. The van der Waals surface area contributed by atoms with E-state index in [-0.39, 0.29) is 31.1 Å². The van der Waals surface area contributed by atoms with Crippen LogP contribution in [0.25, 0.3) is 10.2 Å².